The number of ether oxygens (including phenoxy) is 1. The largest absolute Gasteiger partial charge is 0.477 e. The monoisotopic (exact) mass is 329 g/mol. The topological polar surface area (TPSA) is 74.9 Å². The first-order chi connectivity index (χ1) is 11.3. The molecule has 0 aromatic carbocycles. The molecule has 7 heteroatoms. The molecule has 3 heterocycles. The molecule has 3 rings (SSSR count). The second-order valence-electron chi connectivity index (χ2n) is 5.45. The van der Waals surface area contributed by atoms with Crippen molar-refractivity contribution in [3.8, 4) is 11.9 Å². The summed E-state index contributed by atoms with van der Waals surface area (Å²) in [5.41, 5.74) is 0.549. The second-order valence-corrected chi connectivity index (χ2v) is 5.86. The minimum atomic E-state index is 0.363. The van der Waals surface area contributed by atoms with Crippen LogP contribution in [-0.2, 0) is 0 Å². The van der Waals surface area contributed by atoms with Gasteiger partial charge < -0.3 is 9.64 Å². The maximum atomic E-state index is 8.90. The molecule has 0 bridgehead atoms. The summed E-state index contributed by atoms with van der Waals surface area (Å²) in [6.07, 6.45) is 6.85. The average molecular weight is 330 g/mol. The van der Waals surface area contributed by atoms with Crippen molar-refractivity contribution in [1.29, 1.82) is 5.26 Å². The van der Waals surface area contributed by atoms with Gasteiger partial charge in [0, 0.05) is 31.3 Å². The van der Waals surface area contributed by atoms with Gasteiger partial charge in [0.1, 0.15) is 11.3 Å². The van der Waals surface area contributed by atoms with Crippen LogP contribution >= 0.6 is 11.6 Å². The van der Waals surface area contributed by atoms with E-state index in [1.54, 1.807) is 24.5 Å². The van der Waals surface area contributed by atoms with Crippen molar-refractivity contribution in [2.75, 3.05) is 24.6 Å². The fraction of sp³-hybridized carbons (Fsp3) is 0.375. The quantitative estimate of drug-likeness (QED) is 0.858. The van der Waals surface area contributed by atoms with Crippen molar-refractivity contribution >= 4 is 17.4 Å². The van der Waals surface area contributed by atoms with E-state index < -0.39 is 0 Å². The molecular formula is C16H16ClN5O. The average Bonchev–Trinajstić information content (AvgIpc) is 2.61. The number of anilines is 1. The van der Waals surface area contributed by atoms with Crippen molar-refractivity contribution in [2.45, 2.75) is 12.8 Å². The number of pyridine rings is 1. The molecule has 0 saturated carbocycles. The number of nitriles is 1. The van der Waals surface area contributed by atoms with Gasteiger partial charge in [-0.1, -0.05) is 11.6 Å². The van der Waals surface area contributed by atoms with E-state index in [-0.39, 0.29) is 0 Å². The summed E-state index contributed by atoms with van der Waals surface area (Å²) in [5.74, 6) is 1.62. The van der Waals surface area contributed by atoms with Crippen LogP contribution in [0.3, 0.4) is 0 Å². The van der Waals surface area contributed by atoms with Gasteiger partial charge in [-0.15, -0.1) is 0 Å². The molecule has 0 N–H and O–H groups in total. The molecule has 118 valence electrons. The fourth-order valence-electron chi connectivity index (χ4n) is 2.69. The van der Waals surface area contributed by atoms with Gasteiger partial charge in [-0.2, -0.15) is 5.26 Å². The standard InChI is InChI=1S/C16H16ClN5O/c17-14-8-19-11-21-16(14)22-5-1-2-13(9-22)10-23-15-6-12(7-18)3-4-20-15/h3-4,6,8,11,13H,1-2,5,9-10H2. The van der Waals surface area contributed by atoms with Gasteiger partial charge in [-0.25, -0.2) is 15.0 Å². The Labute approximate surface area is 139 Å². The Balaban J connectivity index is 1.61. The first kappa shape index (κ1) is 15.5. The number of rotatable bonds is 4. The molecule has 2 aromatic heterocycles. The highest BCUT2D eigenvalue weighted by molar-refractivity contribution is 6.32. The third-order valence-electron chi connectivity index (χ3n) is 3.80. The predicted octanol–water partition coefficient (Wildman–Crippen LogP) is 2.69. The van der Waals surface area contributed by atoms with Crippen LogP contribution in [0.1, 0.15) is 18.4 Å². The summed E-state index contributed by atoms with van der Waals surface area (Å²) >= 11 is 6.17. The van der Waals surface area contributed by atoms with Gasteiger partial charge in [-0.3, -0.25) is 0 Å². The molecule has 2 aromatic rings. The number of halogens is 1. The second kappa shape index (κ2) is 7.25. The Morgan fingerprint density at radius 3 is 3.17 bits per heavy atom. The Hall–Kier alpha value is -2.39. The predicted molar refractivity (Wildman–Crippen MR) is 86.4 cm³/mol. The summed E-state index contributed by atoms with van der Waals surface area (Å²) in [5, 5.41) is 9.47. The van der Waals surface area contributed by atoms with Crippen molar-refractivity contribution in [3.05, 3.63) is 41.4 Å². The zero-order valence-electron chi connectivity index (χ0n) is 12.5. The van der Waals surface area contributed by atoms with Crippen LogP contribution in [0.4, 0.5) is 5.82 Å². The molecule has 1 fully saturated rings. The molecule has 1 atom stereocenters. The zero-order chi connectivity index (χ0) is 16.1. The van der Waals surface area contributed by atoms with Gasteiger partial charge in [0.25, 0.3) is 0 Å². The molecule has 1 saturated heterocycles. The van der Waals surface area contributed by atoms with Gasteiger partial charge in [0.2, 0.25) is 5.88 Å². The lowest BCUT2D eigenvalue weighted by molar-refractivity contribution is 0.221. The smallest absolute Gasteiger partial charge is 0.214 e. The van der Waals surface area contributed by atoms with Gasteiger partial charge >= 0.3 is 0 Å². The minimum absolute atomic E-state index is 0.363. The third kappa shape index (κ3) is 3.88. The van der Waals surface area contributed by atoms with Crippen LogP contribution in [0.25, 0.3) is 0 Å². The molecule has 0 aliphatic carbocycles. The Bertz CT molecular complexity index is 718. The third-order valence-corrected chi connectivity index (χ3v) is 4.06. The van der Waals surface area contributed by atoms with E-state index in [2.05, 4.69) is 25.9 Å². The molecule has 1 aliphatic heterocycles. The van der Waals surface area contributed by atoms with E-state index in [1.807, 2.05) is 0 Å². The normalized spacial score (nSPS) is 17.6. The minimum Gasteiger partial charge on any atom is -0.477 e. The van der Waals surface area contributed by atoms with E-state index in [9.17, 15) is 0 Å². The highest BCUT2D eigenvalue weighted by atomic mass is 35.5. The van der Waals surface area contributed by atoms with Crippen LogP contribution in [0.2, 0.25) is 5.02 Å². The number of hydrogen-bond acceptors (Lipinski definition) is 6. The summed E-state index contributed by atoms with van der Waals surface area (Å²) in [6.45, 7) is 2.31. The lowest BCUT2D eigenvalue weighted by Gasteiger charge is -2.33. The Morgan fingerprint density at radius 1 is 1.43 bits per heavy atom. The molecule has 1 aliphatic rings. The number of piperidine rings is 1. The highest BCUT2D eigenvalue weighted by Crippen LogP contribution is 2.27. The fourth-order valence-corrected chi connectivity index (χ4v) is 2.92. The summed E-state index contributed by atoms with van der Waals surface area (Å²) in [6, 6.07) is 5.40. The number of hydrogen-bond donors (Lipinski definition) is 0. The van der Waals surface area contributed by atoms with Gasteiger partial charge in [-0.05, 0) is 18.9 Å². The van der Waals surface area contributed by atoms with Crippen LogP contribution in [0, 0.1) is 17.2 Å². The molecule has 0 radical (unpaired) electrons. The Morgan fingerprint density at radius 2 is 2.35 bits per heavy atom. The van der Waals surface area contributed by atoms with Crippen LogP contribution in [0.15, 0.2) is 30.9 Å². The summed E-state index contributed by atoms with van der Waals surface area (Å²) < 4.78 is 5.75. The van der Waals surface area contributed by atoms with Gasteiger partial charge in [0.15, 0.2) is 5.82 Å². The molecule has 0 spiro atoms. The first-order valence-electron chi connectivity index (χ1n) is 7.45. The SMILES string of the molecule is N#Cc1ccnc(OCC2CCCN(c3ncncc3Cl)C2)c1. The van der Waals surface area contributed by atoms with Crippen molar-refractivity contribution in [2.24, 2.45) is 5.92 Å². The van der Waals surface area contributed by atoms with E-state index in [1.165, 1.54) is 6.33 Å². The van der Waals surface area contributed by atoms with E-state index in [0.717, 1.165) is 31.7 Å². The number of nitrogens with zero attached hydrogens (tertiary/aromatic N) is 5. The molecule has 1 unspecified atom stereocenters. The highest BCUT2D eigenvalue weighted by Gasteiger charge is 2.23. The lowest BCUT2D eigenvalue weighted by atomic mass is 9.99. The molecule has 6 nitrogen and oxygen atoms in total. The molecule has 0 amide bonds. The van der Waals surface area contributed by atoms with Crippen LogP contribution < -0.4 is 9.64 Å². The molecular weight excluding hydrogens is 314 g/mol. The van der Waals surface area contributed by atoms with E-state index >= 15 is 0 Å². The molecule has 23 heavy (non-hydrogen) atoms. The zero-order valence-corrected chi connectivity index (χ0v) is 13.3. The van der Waals surface area contributed by atoms with Crippen LogP contribution in [-0.4, -0.2) is 34.6 Å². The van der Waals surface area contributed by atoms with E-state index in [4.69, 9.17) is 21.6 Å². The maximum absolute atomic E-state index is 8.90. The number of aromatic nitrogens is 3. The first-order valence-corrected chi connectivity index (χ1v) is 7.83. The Kier molecular flexibility index (Phi) is 4.89. The van der Waals surface area contributed by atoms with Gasteiger partial charge in [0.05, 0.1) is 24.4 Å². The van der Waals surface area contributed by atoms with E-state index in [0.29, 0.717) is 29.0 Å². The van der Waals surface area contributed by atoms with Crippen molar-refractivity contribution < 1.29 is 4.74 Å². The van der Waals surface area contributed by atoms with Crippen LogP contribution in [0.5, 0.6) is 5.88 Å². The summed E-state index contributed by atoms with van der Waals surface area (Å²) in [7, 11) is 0. The lowest BCUT2D eigenvalue weighted by Crippen LogP contribution is -2.38. The van der Waals surface area contributed by atoms with Crippen molar-refractivity contribution in [3.63, 3.8) is 0 Å². The summed E-state index contributed by atoms with van der Waals surface area (Å²) in [4.78, 5) is 14.5. The van der Waals surface area contributed by atoms with Crippen molar-refractivity contribution in [1.82, 2.24) is 15.0 Å². The maximum Gasteiger partial charge on any atom is 0.214 e.